The SMILES string of the molecule is CC(=O)OC1CCC2(C)C(=CCC3C2CCC2(C)C3CCC2C2(C)C=CC(=O)O2)C1. The second-order valence-electron chi connectivity index (χ2n) is 11.3. The fourth-order valence-electron chi connectivity index (χ4n) is 8.61. The van der Waals surface area contributed by atoms with Gasteiger partial charge in [-0.2, -0.15) is 0 Å². The Balaban J connectivity index is 1.39. The Hall–Kier alpha value is -1.58. The van der Waals surface area contributed by atoms with Gasteiger partial charge < -0.3 is 9.47 Å². The molecule has 3 saturated carbocycles. The summed E-state index contributed by atoms with van der Waals surface area (Å²) in [5, 5.41) is 0. The molecule has 0 saturated heterocycles. The number of allylic oxidation sites excluding steroid dienone is 1. The zero-order valence-corrected chi connectivity index (χ0v) is 18.9. The smallest absolute Gasteiger partial charge is 0.331 e. The van der Waals surface area contributed by atoms with E-state index >= 15 is 0 Å². The van der Waals surface area contributed by atoms with E-state index in [4.69, 9.17) is 9.47 Å². The fourth-order valence-corrected chi connectivity index (χ4v) is 8.61. The quantitative estimate of drug-likeness (QED) is 0.452. The van der Waals surface area contributed by atoms with Gasteiger partial charge in [-0.25, -0.2) is 4.79 Å². The zero-order valence-electron chi connectivity index (χ0n) is 18.9. The van der Waals surface area contributed by atoms with Crippen LogP contribution in [-0.4, -0.2) is 23.6 Å². The van der Waals surface area contributed by atoms with E-state index in [0.717, 1.165) is 43.9 Å². The van der Waals surface area contributed by atoms with Gasteiger partial charge in [0.25, 0.3) is 0 Å². The van der Waals surface area contributed by atoms with Crippen LogP contribution < -0.4 is 0 Å². The topological polar surface area (TPSA) is 52.6 Å². The number of hydrogen-bond acceptors (Lipinski definition) is 4. The summed E-state index contributed by atoms with van der Waals surface area (Å²) in [6.45, 7) is 8.61. The first-order chi connectivity index (χ1) is 14.2. The van der Waals surface area contributed by atoms with E-state index in [0.29, 0.717) is 11.8 Å². The molecule has 5 rings (SSSR count). The van der Waals surface area contributed by atoms with Crippen molar-refractivity contribution in [3.63, 3.8) is 0 Å². The molecule has 0 amide bonds. The van der Waals surface area contributed by atoms with Crippen molar-refractivity contribution in [3.8, 4) is 0 Å². The van der Waals surface area contributed by atoms with Crippen LogP contribution in [0.2, 0.25) is 0 Å². The van der Waals surface area contributed by atoms with Crippen molar-refractivity contribution >= 4 is 11.9 Å². The summed E-state index contributed by atoms with van der Waals surface area (Å²) < 4.78 is 11.4. The maximum atomic E-state index is 11.9. The van der Waals surface area contributed by atoms with Crippen molar-refractivity contribution in [2.75, 3.05) is 0 Å². The van der Waals surface area contributed by atoms with E-state index < -0.39 is 5.60 Å². The second-order valence-corrected chi connectivity index (χ2v) is 11.3. The molecular weight excluding hydrogens is 376 g/mol. The minimum atomic E-state index is -0.435. The Kier molecular flexibility index (Phi) is 4.55. The number of cyclic esters (lactones) is 1. The number of esters is 2. The summed E-state index contributed by atoms with van der Waals surface area (Å²) in [6, 6.07) is 0. The molecule has 8 atom stereocenters. The largest absolute Gasteiger partial charge is 0.462 e. The molecular formula is C26H36O4. The van der Waals surface area contributed by atoms with Gasteiger partial charge in [-0.05, 0) is 86.5 Å². The highest BCUT2D eigenvalue weighted by atomic mass is 16.6. The lowest BCUT2D eigenvalue weighted by Gasteiger charge is -2.58. The minimum Gasteiger partial charge on any atom is -0.462 e. The average Bonchev–Trinajstić information content (AvgIpc) is 3.21. The van der Waals surface area contributed by atoms with Crippen molar-refractivity contribution in [3.05, 3.63) is 23.8 Å². The van der Waals surface area contributed by atoms with Gasteiger partial charge >= 0.3 is 11.9 Å². The van der Waals surface area contributed by atoms with Gasteiger partial charge in [0.2, 0.25) is 0 Å². The van der Waals surface area contributed by atoms with Crippen LogP contribution in [0.3, 0.4) is 0 Å². The molecule has 0 aromatic heterocycles. The number of ether oxygens (including phenoxy) is 2. The van der Waals surface area contributed by atoms with Crippen LogP contribution in [-0.2, 0) is 19.1 Å². The van der Waals surface area contributed by atoms with Crippen molar-refractivity contribution in [2.45, 2.75) is 90.8 Å². The highest BCUT2D eigenvalue weighted by Crippen LogP contribution is 2.68. The number of carbonyl (C=O) groups is 2. The summed E-state index contributed by atoms with van der Waals surface area (Å²) in [7, 11) is 0. The molecule has 1 heterocycles. The molecule has 4 heteroatoms. The van der Waals surface area contributed by atoms with E-state index in [1.54, 1.807) is 11.6 Å². The van der Waals surface area contributed by atoms with Gasteiger partial charge in [0.1, 0.15) is 11.7 Å². The number of carbonyl (C=O) groups excluding carboxylic acids is 2. The maximum absolute atomic E-state index is 11.9. The summed E-state index contributed by atoms with van der Waals surface area (Å²) >= 11 is 0. The summed E-state index contributed by atoms with van der Waals surface area (Å²) in [5.41, 5.74) is 1.60. The predicted octanol–water partition coefficient (Wildman–Crippen LogP) is 5.37. The third-order valence-electron chi connectivity index (χ3n) is 9.95. The Morgan fingerprint density at radius 3 is 2.60 bits per heavy atom. The summed E-state index contributed by atoms with van der Waals surface area (Å²) in [6.07, 6.45) is 15.3. The molecule has 0 bridgehead atoms. The van der Waals surface area contributed by atoms with Crippen LogP contribution in [0.4, 0.5) is 0 Å². The van der Waals surface area contributed by atoms with Crippen LogP contribution in [0.5, 0.6) is 0 Å². The molecule has 30 heavy (non-hydrogen) atoms. The van der Waals surface area contributed by atoms with Crippen molar-refractivity contribution in [2.24, 2.45) is 34.5 Å². The van der Waals surface area contributed by atoms with Gasteiger partial charge in [0.05, 0.1) is 0 Å². The first-order valence-corrected chi connectivity index (χ1v) is 11.9. The number of fused-ring (bicyclic) bond motifs is 5. The van der Waals surface area contributed by atoms with Crippen LogP contribution in [0.25, 0.3) is 0 Å². The van der Waals surface area contributed by atoms with E-state index in [1.165, 1.54) is 26.2 Å². The van der Waals surface area contributed by atoms with Gasteiger partial charge in [0, 0.05) is 25.3 Å². The van der Waals surface area contributed by atoms with Crippen LogP contribution in [0.15, 0.2) is 23.8 Å². The maximum Gasteiger partial charge on any atom is 0.331 e. The Bertz CT molecular complexity index is 827. The molecule has 0 aromatic carbocycles. The Labute approximate surface area is 180 Å². The van der Waals surface area contributed by atoms with Gasteiger partial charge in [-0.1, -0.05) is 25.5 Å². The molecule has 164 valence electrons. The first kappa shape index (κ1) is 20.3. The van der Waals surface area contributed by atoms with Crippen molar-refractivity contribution < 1.29 is 19.1 Å². The number of rotatable bonds is 2. The van der Waals surface area contributed by atoms with Gasteiger partial charge in [-0.15, -0.1) is 0 Å². The minimum absolute atomic E-state index is 0.0619. The van der Waals surface area contributed by atoms with E-state index in [2.05, 4.69) is 26.8 Å². The molecule has 8 unspecified atom stereocenters. The lowest BCUT2D eigenvalue weighted by atomic mass is 9.47. The molecule has 4 nitrogen and oxygen atoms in total. The van der Waals surface area contributed by atoms with Crippen molar-refractivity contribution in [1.29, 1.82) is 0 Å². The van der Waals surface area contributed by atoms with E-state index in [1.807, 2.05) is 6.08 Å². The van der Waals surface area contributed by atoms with Crippen LogP contribution in [0, 0.1) is 34.5 Å². The lowest BCUT2D eigenvalue weighted by Crippen LogP contribution is -2.53. The third-order valence-corrected chi connectivity index (χ3v) is 9.95. The van der Waals surface area contributed by atoms with E-state index in [9.17, 15) is 9.59 Å². The standard InChI is InChI=1S/C26H36O4/c1-16(27)29-18-9-12-24(2)17(15-18)5-6-19-20-7-8-22(25(20,3)13-10-21(19)24)26(4)14-11-23(28)30-26/h5,11,14,18-22H,6-10,12-13,15H2,1-4H3. The second kappa shape index (κ2) is 6.71. The van der Waals surface area contributed by atoms with Crippen LogP contribution >= 0.6 is 0 Å². The normalized spacial score (nSPS) is 49.5. The molecule has 0 aromatic rings. The molecule has 0 N–H and O–H groups in total. The summed E-state index contributed by atoms with van der Waals surface area (Å²) in [5.74, 6) is 2.22. The monoisotopic (exact) mass is 412 g/mol. The molecule has 1 aliphatic heterocycles. The first-order valence-electron chi connectivity index (χ1n) is 11.9. The number of hydrogen-bond donors (Lipinski definition) is 0. The molecule has 4 aliphatic carbocycles. The van der Waals surface area contributed by atoms with Crippen LogP contribution in [0.1, 0.15) is 79.1 Å². The molecule has 0 radical (unpaired) electrons. The van der Waals surface area contributed by atoms with Gasteiger partial charge in [-0.3, -0.25) is 4.79 Å². The Morgan fingerprint density at radius 2 is 1.90 bits per heavy atom. The molecule has 5 aliphatic rings. The predicted molar refractivity (Wildman–Crippen MR) is 114 cm³/mol. The third kappa shape index (κ3) is 2.85. The fraction of sp³-hybridized carbons (Fsp3) is 0.769. The molecule has 0 spiro atoms. The summed E-state index contributed by atoms with van der Waals surface area (Å²) in [4.78, 5) is 23.3. The zero-order chi connectivity index (χ0) is 21.3. The highest BCUT2D eigenvalue weighted by Gasteiger charge is 2.62. The van der Waals surface area contributed by atoms with E-state index in [-0.39, 0.29) is 28.9 Å². The molecule has 3 fully saturated rings. The van der Waals surface area contributed by atoms with Gasteiger partial charge in [0.15, 0.2) is 0 Å². The lowest BCUT2D eigenvalue weighted by molar-refractivity contribution is -0.156. The highest BCUT2D eigenvalue weighted by molar-refractivity contribution is 5.85. The average molecular weight is 413 g/mol. The van der Waals surface area contributed by atoms with Crippen molar-refractivity contribution in [1.82, 2.24) is 0 Å². The Morgan fingerprint density at radius 1 is 1.10 bits per heavy atom.